The number of esters is 3. The molecule has 25 heteroatoms. The molecule has 3 rings (SSSR count). The van der Waals surface area contributed by atoms with E-state index in [-0.39, 0.29) is 19.3 Å². The molecule has 0 amide bonds. The standard InChI is InChI=1S/C72H135O24P/c1-5-8-11-14-17-19-21-23-25-27-29-35-40-45-56(74)88-49-53(91-58(76)47-42-37-32-31-34-39-44-52(4)43-38-33-16-13-10-7-3)50-90-97(86,87)96-70-68(94-71-66(84)61(79)59(77)54(48-73)92-71)64(82)63(81)65(83)69(70)95-72-67(85)62(80)60(78)55(93-72)51-89-57(75)46-41-36-30-28-26-24-22-20-18-15-12-9-6-2/h52-55,59-73,77-85H,5-51H2,1-4H3,(H,86,87). The number of carbonyl (C=O) groups is 3. The highest BCUT2D eigenvalue weighted by Gasteiger charge is 2.58. The van der Waals surface area contributed by atoms with Crippen molar-refractivity contribution in [3.8, 4) is 0 Å². The number of unbranched alkanes of at least 4 members (excludes halogenated alkanes) is 34. The molecule has 11 N–H and O–H groups in total. The predicted molar refractivity (Wildman–Crippen MR) is 365 cm³/mol. The third kappa shape index (κ3) is 37.3. The van der Waals surface area contributed by atoms with Crippen LogP contribution in [0.5, 0.6) is 0 Å². The van der Waals surface area contributed by atoms with Gasteiger partial charge in [-0.25, -0.2) is 4.57 Å². The van der Waals surface area contributed by atoms with Crippen LogP contribution in [0.2, 0.25) is 0 Å². The van der Waals surface area contributed by atoms with Crippen molar-refractivity contribution in [2.45, 2.75) is 408 Å². The summed E-state index contributed by atoms with van der Waals surface area (Å²) in [6.07, 6.45) is 8.88. The van der Waals surface area contributed by atoms with E-state index in [1.54, 1.807) is 0 Å². The van der Waals surface area contributed by atoms with Crippen LogP contribution in [0.3, 0.4) is 0 Å². The Morgan fingerprint density at radius 3 is 1.11 bits per heavy atom. The summed E-state index contributed by atoms with van der Waals surface area (Å²) in [5.74, 6) is -1.30. The van der Waals surface area contributed by atoms with Gasteiger partial charge in [0.2, 0.25) is 0 Å². The van der Waals surface area contributed by atoms with Crippen LogP contribution in [0.4, 0.5) is 0 Å². The highest BCUT2D eigenvalue weighted by Crippen LogP contribution is 2.49. The molecular weight excluding hydrogens is 1280 g/mol. The van der Waals surface area contributed by atoms with Crippen molar-refractivity contribution in [1.82, 2.24) is 0 Å². The van der Waals surface area contributed by atoms with Gasteiger partial charge >= 0.3 is 25.7 Å². The molecule has 0 radical (unpaired) electrons. The Labute approximate surface area is 580 Å². The fourth-order valence-corrected chi connectivity index (χ4v) is 13.9. The Morgan fingerprint density at radius 1 is 0.392 bits per heavy atom. The summed E-state index contributed by atoms with van der Waals surface area (Å²) < 4.78 is 65.1. The summed E-state index contributed by atoms with van der Waals surface area (Å²) in [7, 11) is -5.69. The molecule has 0 aromatic rings. The van der Waals surface area contributed by atoms with Gasteiger partial charge in [0.15, 0.2) is 18.7 Å². The van der Waals surface area contributed by atoms with E-state index in [4.69, 9.17) is 42.2 Å². The number of phosphoric ester groups is 1. The Bertz CT molecular complexity index is 2030. The number of aliphatic hydroxyl groups excluding tert-OH is 10. The van der Waals surface area contributed by atoms with Gasteiger partial charge < -0.3 is 89.1 Å². The van der Waals surface area contributed by atoms with Crippen LogP contribution in [0.25, 0.3) is 0 Å². The molecule has 19 atom stereocenters. The zero-order valence-electron chi connectivity index (χ0n) is 59.8. The van der Waals surface area contributed by atoms with Gasteiger partial charge in [-0.1, -0.05) is 265 Å². The van der Waals surface area contributed by atoms with Crippen LogP contribution in [0, 0.1) is 5.92 Å². The fourth-order valence-electron chi connectivity index (χ4n) is 12.9. The molecular formula is C72H135O24P. The first-order chi connectivity index (χ1) is 46.7. The van der Waals surface area contributed by atoms with Crippen LogP contribution in [-0.4, -0.2) is 204 Å². The summed E-state index contributed by atoms with van der Waals surface area (Å²) in [6.45, 7) is 5.78. The second-order valence-electron chi connectivity index (χ2n) is 28.0. The molecule has 3 fully saturated rings. The molecule has 97 heavy (non-hydrogen) atoms. The molecule has 0 spiro atoms. The van der Waals surface area contributed by atoms with Gasteiger partial charge in [0.05, 0.1) is 13.2 Å². The Kier molecular flexibility index (Phi) is 49.4. The molecule has 0 bridgehead atoms. The summed E-state index contributed by atoms with van der Waals surface area (Å²) in [5, 5.41) is 110. The fraction of sp³-hybridized carbons (Fsp3) is 0.958. The van der Waals surface area contributed by atoms with E-state index >= 15 is 0 Å². The number of rotatable bonds is 59. The normalized spacial score (nSPS) is 28.1. The lowest BCUT2D eigenvalue weighted by atomic mass is 9.84. The van der Waals surface area contributed by atoms with Crippen molar-refractivity contribution in [3.05, 3.63) is 0 Å². The van der Waals surface area contributed by atoms with Crippen molar-refractivity contribution in [1.29, 1.82) is 0 Å². The van der Waals surface area contributed by atoms with Crippen molar-refractivity contribution in [2.75, 3.05) is 26.4 Å². The van der Waals surface area contributed by atoms with Crippen molar-refractivity contribution in [3.63, 3.8) is 0 Å². The van der Waals surface area contributed by atoms with Crippen LogP contribution >= 0.6 is 7.82 Å². The number of aliphatic hydroxyl groups is 10. The summed E-state index contributed by atoms with van der Waals surface area (Å²) in [6, 6.07) is 0. The third-order valence-electron chi connectivity index (χ3n) is 19.3. The van der Waals surface area contributed by atoms with Crippen molar-refractivity contribution < 1.29 is 117 Å². The minimum absolute atomic E-state index is 0.0330. The van der Waals surface area contributed by atoms with Crippen LogP contribution in [0.1, 0.15) is 304 Å². The quantitative estimate of drug-likeness (QED) is 0.0117. The highest BCUT2D eigenvalue weighted by molar-refractivity contribution is 7.47. The maximum atomic E-state index is 14.3. The number of hydrogen-bond acceptors (Lipinski definition) is 23. The summed E-state index contributed by atoms with van der Waals surface area (Å²) in [4.78, 5) is 51.0. The van der Waals surface area contributed by atoms with E-state index < -0.39 is 156 Å². The lowest BCUT2D eigenvalue weighted by Gasteiger charge is -2.49. The van der Waals surface area contributed by atoms with Crippen LogP contribution < -0.4 is 0 Å². The highest BCUT2D eigenvalue weighted by atomic mass is 31.2. The van der Waals surface area contributed by atoms with E-state index in [9.17, 15) is 74.9 Å². The van der Waals surface area contributed by atoms with Gasteiger partial charge in [0.1, 0.15) is 98.7 Å². The average molecular weight is 1420 g/mol. The molecule has 1 saturated carbocycles. The number of hydrogen-bond donors (Lipinski definition) is 11. The minimum atomic E-state index is -5.69. The SMILES string of the molecule is CCCCCCCCCCCCCCCC(=O)OCC(COP(=O)(O)OC1C(OC2OC(CO)C(O)C(O)C2O)C(O)C(O)C(O)C1OC1OC(COC(=O)CCCCCCCCCCCCCCC)C(O)C(O)C1O)OC(=O)CCCCCCCCC(C)CCCCCCCC. The largest absolute Gasteiger partial charge is 0.472 e. The Hall–Kier alpha value is -2.04. The molecule has 0 aromatic heterocycles. The topological polar surface area (TPSA) is 374 Å². The molecule has 24 nitrogen and oxygen atoms in total. The predicted octanol–water partition coefficient (Wildman–Crippen LogP) is 10.4. The third-order valence-corrected chi connectivity index (χ3v) is 20.3. The van der Waals surface area contributed by atoms with Crippen molar-refractivity contribution in [2.24, 2.45) is 5.92 Å². The van der Waals surface area contributed by atoms with Gasteiger partial charge in [-0.05, 0) is 25.2 Å². The van der Waals surface area contributed by atoms with E-state index in [1.807, 2.05) is 0 Å². The van der Waals surface area contributed by atoms with Crippen LogP contribution in [0.15, 0.2) is 0 Å². The minimum Gasteiger partial charge on any atom is -0.463 e. The smallest absolute Gasteiger partial charge is 0.463 e. The molecule has 572 valence electrons. The van der Waals surface area contributed by atoms with Gasteiger partial charge in [-0.3, -0.25) is 23.4 Å². The average Bonchev–Trinajstić information content (AvgIpc) is 0.765. The van der Waals surface area contributed by atoms with E-state index in [2.05, 4.69) is 27.7 Å². The monoisotopic (exact) mass is 1410 g/mol. The molecule has 1 aliphatic carbocycles. The second kappa shape index (κ2) is 53.7. The van der Waals surface area contributed by atoms with Gasteiger partial charge in [0.25, 0.3) is 0 Å². The molecule has 2 saturated heterocycles. The molecule has 2 aliphatic heterocycles. The summed E-state index contributed by atoms with van der Waals surface area (Å²) in [5.41, 5.74) is 0. The first kappa shape index (κ1) is 89.2. The lowest BCUT2D eigenvalue weighted by Crippen LogP contribution is -2.69. The van der Waals surface area contributed by atoms with E-state index in [0.717, 1.165) is 89.9 Å². The number of phosphoric acid groups is 1. The van der Waals surface area contributed by atoms with Crippen molar-refractivity contribution >= 4 is 25.7 Å². The first-order valence-corrected chi connectivity index (χ1v) is 39.7. The molecule has 3 aliphatic rings. The van der Waals surface area contributed by atoms with E-state index in [1.165, 1.54) is 148 Å². The lowest BCUT2D eigenvalue weighted by molar-refractivity contribution is -0.360. The number of carbonyl (C=O) groups excluding carboxylic acids is 3. The van der Waals surface area contributed by atoms with Gasteiger partial charge in [-0.15, -0.1) is 0 Å². The zero-order chi connectivity index (χ0) is 71.2. The maximum Gasteiger partial charge on any atom is 0.472 e. The molecule has 2 heterocycles. The molecule has 0 aromatic carbocycles. The Balaban J connectivity index is 1.74. The summed E-state index contributed by atoms with van der Waals surface area (Å²) >= 11 is 0. The second-order valence-corrected chi connectivity index (χ2v) is 29.4. The van der Waals surface area contributed by atoms with Gasteiger partial charge in [0, 0.05) is 19.3 Å². The number of ether oxygens (including phenoxy) is 7. The molecule has 19 unspecified atom stereocenters. The first-order valence-electron chi connectivity index (χ1n) is 38.2. The zero-order valence-corrected chi connectivity index (χ0v) is 60.7. The van der Waals surface area contributed by atoms with Crippen LogP contribution in [-0.2, 0) is 61.2 Å². The Morgan fingerprint density at radius 2 is 0.722 bits per heavy atom. The van der Waals surface area contributed by atoms with Gasteiger partial charge in [-0.2, -0.15) is 0 Å². The van der Waals surface area contributed by atoms with E-state index in [0.29, 0.717) is 25.2 Å². The maximum absolute atomic E-state index is 14.3.